The van der Waals surface area contributed by atoms with Gasteiger partial charge >= 0.3 is 0 Å². The number of nitrogens with zero attached hydrogens (tertiary/aromatic N) is 2. The molecule has 0 radical (unpaired) electrons. The summed E-state index contributed by atoms with van der Waals surface area (Å²) in [5.41, 5.74) is 2.18. The maximum atomic E-state index is 12.7. The maximum absolute atomic E-state index is 12.7. The molecule has 1 aromatic heterocycles. The van der Waals surface area contributed by atoms with E-state index in [1.165, 1.54) is 23.5 Å². The van der Waals surface area contributed by atoms with Gasteiger partial charge in [-0.2, -0.15) is 5.26 Å². The molecule has 1 heterocycles. The molecule has 1 aromatic carbocycles. The van der Waals surface area contributed by atoms with Crippen LogP contribution < -0.4 is 0 Å². The molecule has 0 aliphatic rings. The second-order valence-electron chi connectivity index (χ2n) is 3.52. The van der Waals surface area contributed by atoms with Crippen LogP contribution in [-0.2, 0) is 0 Å². The fraction of sp³-hybridized carbons (Fsp3) is 0.0769. The summed E-state index contributed by atoms with van der Waals surface area (Å²) in [6, 6.07) is 8.11. The number of hydrogen-bond acceptors (Lipinski definition) is 3. The highest BCUT2D eigenvalue weighted by Crippen LogP contribution is 2.21. The fourth-order valence-corrected chi connectivity index (χ4v) is 2.11. The minimum Gasteiger partial charge on any atom is -0.241 e. The first-order chi connectivity index (χ1) is 8.19. The van der Waals surface area contributed by atoms with Crippen LogP contribution in [0.2, 0.25) is 0 Å². The molecule has 84 valence electrons. The smallest absolute Gasteiger partial charge is 0.134 e. The predicted octanol–water partition coefficient (Wildman–Crippen LogP) is 3.65. The lowest BCUT2D eigenvalue weighted by molar-refractivity contribution is 0.628. The van der Waals surface area contributed by atoms with E-state index in [4.69, 9.17) is 5.26 Å². The third-order valence-electron chi connectivity index (χ3n) is 2.15. The molecule has 0 fully saturated rings. The van der Waals surface area contributed by atoms with Crippen LogP contribution in [0, 0.1) is 24.1 Å². The van der Waals surface area contributed by atoms with E-state index in [-0.39, 0.29) is 5.82 Å². The summed E-state index contributed by atoms with van der Waals surface area (Å²) in [5, 5.41) is 11.7. The zero-order chi connectivity index (χ0) is 12.3. The topological polar surface area (TPSA) is 36.7 Å². The number of aromatic nitrogens is 1. The molecule has 0 aliphatic heterocycles. The summed E-state index contributed by atoms with van der Waals surface area (Å²) in [4.78, 5) is 4.25. The summed E-state index contributed by atoms with van der Waals surface area (Å²) in [5.74, 6) is -0.286. The van der Waals surface area contributed by atoms with Gasteiger partial charge in [0.2, 0.25) is 0 Å². The highest BCUT2D eigenvalue weighted by atomic mass is 32.1. The first-order valence-corrected chi connectivity index (χ1v) is 5.87. The molecule has 4 heteroatoms. The van der Waals surface area contributed by atoms with Crippen molar-refractivity contribution < 1.29 is 4.39 Å². The summed E-state index contributed by atoms with van der Waals surface area (Å²) in [6.07, 6.45) is 1.71. The Labute approximate surface area is 103 Å². The highest BCUT2D eigenvalue weighted by Gasteiger charge is 2.05. The number of nitriles is 1. The number of allylic oxidation sites excluding steroid dienone is 1. The number of thiazole rings is 1. The molecule has 0 aliphatic carbocycles. The average Bonchev–Trinajstić information content (AvgIpc) is 2.75. The van der Waals surface area contributed by atoms with E-state index in [0.717, 1.165) is 11.3 Å². The Morgan fingerprint density at radius 1 is 1.41 bits per heavy atom. The van der Waals surface area contributed by atoms with Crippen LogP contribution in [-0.4, -0.2) is 4.98 Å². The summed E-state index contributed by atoms with van der Waals surface area (Å²) >= 11 is 1.43. The fourth-order valence-electron chi connectivity index (χ4n) is 1.35. The van der Waals surface area contributed by atoms with Crippen LogP contribution in [0.5, 0.6) is 0 Å². The zero-order valence-electron chi connectivity index (χ0n) is 9.14. The van der Waals surface area contributed by atoms with Gasteiger partial charge in [0.25, 0.3) is 0 Å². The van der Waals surface area contributed by atoms with Gasteiger partial charge in [-0.25, -0.2) is 9.37 Å². The Bertz CT molecular complexity index is 591. The van der Waals surface area contributed by atoms with E-state index in [0.29, 0.717) is 10.6 Å². The van der Waals surface area contributed by atoms with Crippen molar-refractivity contribution in [2.75, 3.05) is 0 Å². The highest BCUT2D eigenvalue weighted by molar-refractivity contribution is 7.11. The van der Waals surface area contributed by atoms with E-state index in [9.17, 15) is 4.39 Å². The third-order valence-corrected chi connectivity index (χ3v) is 3.14. The lowest BCUT2D eigenvalue weighted by Crippen LogP contribution is -1.82. The van der Waals surface area contributed by atoms with Gasteiger partial charge in [0, 0.05) is 11.1 Å². The van der Waals surface area contributed by atoms with E-state index < -0.39 is 0 Å². The average molecular weight is 244 g/mol. The molecule has 0 N–H and O–H groups in total. The molecular formula is C13H9FN2S. The van der Waals surface area contributed by atoms with Gasteiger partial charge in [-0.1, -0.05) is 12.1 Å². The van der Waals surface area contributed by atoms with Crippen molar-refractivity contribution in [2.24, 2.45) is 0 Å². The summed E-state index contributed by atoms with van der Waals surface area (Å²) < 4.78 is 12.7. The SMILES string of the molecule is Cc1csc(C(C#N)=Cc2ccc(F)cc2)n1. The summed E-state index contributed by atoms with van der Waals surface area (Å²) in [6.45, 7) is 1.88. The largest absolute Gasteiger partial charge is 0.241 e. The van der Waals surface area contributed by atoms with Crippen LogP contribution in [0.3, 0.4) is 0 Å². The third kappa shape index (κ3) is 2.77. The minimum atomic E-state index is -0.286. The molecule has 0 amide bonds. The number of halogens is 1. The second kappa shape index (κ2) is 4.89. The summed E-state index contributed by atoms with van der Waals surface area (Å²) in [7, 11) is 0. The van der Waals surface area contributed by atoms with Gasteiger partial charge in [0.15, 0.2) is 0 Å². The molecule has 2 aromatic rings. The van der Waals surface area contributed by atoms with Gasteiger partial charge in [-0.3, -0.25) is 0 Å². The predicted molar refractivity (Wildman–Crippen MR) is 66.7 cm³/mol. The van der Waals surface area contributed by atoms with Gasteiger partial charge < -0.3 is 0 Å². The van der Waals surface area contributed by atoms with Crippen molar-refractivity contribution in [3.63, 3.8) is 0 Å². The minimum absolute atomic E-state index is 0.286. The first-order valence-electron chi connectivity index (χ1n) is 4.99. The molecule has 0 spiro atoms. The van der Waals surface area contributed by atoms with Gasteiger partial charge in [0.1, 0.15) is 16.9 Å². The molecule has 2 nitrogen and oxygen atoms in total. The Balaban J connectivity index is 2.36. The Hall–Kier alpha value is -1.99. The molecule has 17 heavy (non-hydrogen) atoms. The normalized spacial score (nSPS) is 11.2. The van der Waals surface area contributed by atoms with Crippen molar-refractivity contribution in [1.29, 1.82) is 5.26 Å². The van der Waals surface area contributed by atoms with Crippen LogP contribution in [0.4, 0.5) is 4.39 Å². The van der Waals surface area contributed by atoms with Gasteiger partial charge in [-0.05, 0) is 30.7 Å². The maximum Gasteiger partial charge on any atom is 0.134 e. The van der Waals surface area contributed by atoms with Gasteiger partial charge in [-0.15, -0.1) is 11.3 Å². The quantitative estimate of drug-likeness (QED) is 0.756. The molecule has 0 saturated carbocycles. The van der Waals surface area contributed by atoms with E-state index in [1.807, 2.05) is 12.3 Å². The van der Waals surface area contributed by atoms with Crippen molar-refractivity contribution in [1.82, 2.24) is 4.98 Å². The molecule has 0 unspecified atom stereocenters. The number of hydrogen-bond donors (Lipinski definition) is 0. The van der Waals surface area contributed by atoms with E-state index in [2.05, 4.69) is 11.1 Å². The molecule has 0 saturated heterocycles. The van der Waals surface area contributed by atoms with Gasteiger partial charge in [0.05, 0.1) is 5.57 Å². The molecule has 2 rings (SSSR count). The van der Waals surface area contributed by atoms with Crippen molar-refractivity contribution in [3.05, 3.63) is 51.7 Å². The molecule has 0 bridgehead atoms. The number of benzene rings is 1. The molecule has 0 atom stereocenters. The Morgan fingerprint density at radius 2 is 2.12 bits per heavy atom. The van der Waals surface area contributed by atoms with E-state index >= 15 is 0 Å². The van der Waals surface area contributed by atoms with E-state index in [1.54, 1.807) is 18.2 Å². The van der Waals surface area contributed by atoms with Crippen molar-refractivity contribution in [3.8, 4) is 6.07 Å². The monoisotopic (exact) mass is 244 g/mol. The number of aryl methyl sites for hydroxylation is 1. The second-order valence-corrected chi connectivity index (χ2v) is 4.37. The van der Waals surface area contributed by atoms with Crippen molar-refractivity contribution in [2.45, 2.75) is 6.92 Å². The Kier molecular flexibility index (Phi) is 3.31. The zero-order valence-corrected chi connectivity index (χ0v) is 9.96. The van der Waals surface area contributed by atoms with Crippen LogP contribution in [0.1, 0.15) is 16.3 Å². The standard InChI is InChI=1S/C13H9FN2S/c1-9-8-17-13(16-9)11(7-15)6-10-2-4-12(14)5-3-10/h2-6,8H,1H3. The van der Waals surface area contributed by atoms with Crippen molar-refractivity contribution >= 4 is 23.0 Å². The number of rotatable bonds is 2. The lowest BCUT2D eigenvalue weighted by atomic mass is 10.1. The lowest BCUT2D eigenvalue weighted by Gasteiger charge is -1.95. The van der Waals surface area contributed by atoms with Crippen LogP contribution in [0.25, 0.3) is 11.6 Å². The van der Waals surface area contributed by atoms with Crippen LogP contribution in [0.15, 0.2) is 29.6 Å². The first kappa shape index (κ1) is 11.5. The van der Waals surface area contributed by atoms with Crippen LogP contribution >= 0.6 is 11.3 Å². The Morgan fingerprint density at radius 3 is 2.65 bits per heavy atom. The molecular weight excluding hydrogens is 235 g/mol.